The van der Waals surface area contributed by atoms with E-state index in [0.29, 0.717) is 18.4 Å². The monoisotopic (exact) mass is 292 g/mol. The SMILES string of the molecule is CC(C)c1ccc(/C=C/c2nc3ccc(CN)cc3o2)cc1. The van der Waals surface area contributed by atoms with E-state index in [1.54, 1.807) is 0 Å². The molecule has 3 nitrogen and oxygen atoms in total. The molecule has 1 aromatic heterocycles. The molecule has 3 rings (SSSR count). The third-order valence-electron chi connectivity index (χ3n) is 3.73. The number of aromatic nitrogens is 1. The molecule has 2 N–H and O–H groups in total. The highest BCUT2D eigenvalue weighted by Gasteiger charge is 2.04. The summed E-state index contributed by atoms with van der Waals surface area (Å²) in [4.78, 5) is 4.45. The predicted octanol–water partition coefficient (Wildman–Crippen LogP) is 4.58. The second-order valence-corrected chi connectivity index (χ2v) is 5.71. The van der Waals surface area contributed by atoms with Crippen LogP contribution in [0.1, 0.15) is 42.3 Å². The highest BCUT2D eigenvalue weighted by atomic mass is 16.3. The van der Waals surface area contributed by atoms with Gasteiger partial charge in [-0.25, -0.2) is 4.98 Å². The Balaban J connectivity index is 1.82. The van der Waals surface area contributed by atoms with E-state index in [4.69, 9.17) is 10.2 Å². The molecule has 3 heteroatoms. The zero-order valence-electron chi connectivity index (χ0n) is 12.9. The van der Waals surface area contributed by atoms with Crippen LogP contribution in [-0.2, 0) is 6.54 Å². The molecular formula is C19H20N2O. The van der Waals surface area contributed by atoms with Crippen LogP contribution >= 0.6 is 0 Å². The van der Waals surface area contributed by atoms with Crippen molar-refractivity contribution in [1.29, 1.82) is 0 Å². The van der Waals surface area contributed by atoms with Gasteiger partial charge in [0.2, 0.25) is 5.89 Å². The quantitative estimate of drug-likeness (QED) is 0.765. The third kappa shape index (κ3) is 3.10. The van der Waals surface area contributed by atoms with E-state index in [1.165, 1.54) is 5.56 Å². The third-order valence-corrected chi connectivity index (χ3v) is 3.73. The standard InChI is InChI=1S/C19H20N2O/c1-13(2)16-7-3-14(4-8-16)6-10-19-21-17-9-5-15(12-20)11-18(17)22-19/h3-11,13H,12,20H2,1-2H3/b10-6+. The maximum atomic E-state index is 5.74. The van der Waals surface area contributed by atoms with Crippen LogP contribution in [0, 0.1) is 0 Å². The van der Waals surface area contributed by atoms with Gasteiger partial charge in [-0.2, -0.15) is 0 Å². The average molecular weight is 292 g/mol. The summed E-state index contributed by atoms with van der Waals surface area (Å²) < 4.78 is 5.74. The Morgan fingerprint density at radius 1 is 1.09 bits per heavy atom. The van der Waals surface area contributed by atoms with Crippen molar-refractivity contribution in [2.75, 3.05) is 0 Å². The lowest BCUT2D eigenvalue weighted by molar-refractivity contribution is 0.589. The van der Waals surface area contributed by atoms with Gasteiger partial charge in [0.15, 0.2) is 5.58 Å². The van der Waals surface area contributed by atoms with Gasteiger partial charge in [0.25, 0.3) is 0 Å². The number of rotatable bonds is 4. The maximum absolute atomic E-state index is 5.74. The summed E-state index contributed by atoms with van der Waals surface area (Å²) in [5, 5.41) is 0. The number of benzene rings is 2. The lowest BCUT2D eigenvalue weighted by atomic mass is 10.0. The smallest absolute Gasteiger partial charge is 0.220 e. The molecule has 0 radical (unpaired) electrons. The molecule has 0 aliphatic carbocycles. The molecule has 0 amide bonds. The minimum Gasteiger partial charge on any atom is -0.437 e. The zero-order chi connectivity index (χ0) is 15.5. The summed E-state index contributed by atoms with van der Waals surface area (Å²) in [6, 6.07) is 14.4. The summed E-state index contributed by atoms with van der Waals surface area (Å²) in [5.41, 5.74) is 10.8. The van der Waals surface area contributed by atoms with Crippen LogP contribution in [0.2, 0.25) is 0 Å². The van der Waals surface area contributed by atoms with Gasteiger partial charge in [-0.3, -0.25) is 0 Å². The first-order chi connectivity index (χ1) is 10.7. The van der Waals surface area contributed by atoms with Crippen LogP contribution in [0.5, 0.6) is 0 Å². The first kappa shape index (κ1) is 14.5. The van der Waals surface area contributed by atoms with Crippen molar-refractivity contribution >= 4 is 23.3 Å². The van der Waals surface area contributed by atoms with Crippen molar-refractivity contribution in [3.8, 4) is 0 Å². The van der Waals surface area contributed by atoms with E-state index in [0.717, 1.165) is 22.2 Å². The van der Waals surface area contributed by atoms with Gasteiger partial charge in [-0.05, 0) is 40.8 Å². The highest BCUT2D eigenvalue weighted by molar-refractivity contribution is 5.76. The Hall–Kier alpha value is -2.39. The first-order valence-corrected chi connectivity index (χ1v) is 7.53. The van der Waals surface area contributed by atoms with Crippen LogP contribution in [0.4, 0.5) is 0 Å². The van der Waals surface area contributed by atoms with Gasteiger partial charge in [0.05, 0.1) is 0 Å². The fraction of sp³-hybridized carbons (Fsp3) is 0.211. The summed E-state index contributed by atoms with van der Waals surface area (Å²) >= 11 is 0. The Morgan fingerprint density at radius 2 is 1.86 bits per heavy atom. The number of fused-ring (bicyclic) bond motifs is 1. The lowest BCUT2D eigenvalue weighted by Gasteiger charge is -2.04. The van der Waals surface area contributed by atoms with Crippen LogP contribution in [-0.4, -0.2) is 4.98 Å². The lowest BCUT2D eigenvalue weighted by Crippen LogP contribution is -1.94. The molecule has 0 aliphatic rings. The molecule has 0 saturated carbocycles. The van der Waals surface area contributed by atoms with Gasteiger partial charge >= 0.3 is 0 Å². The zero-order valence-corrected chi connectivity index (χ0v) is 12.9. The van der Waals surface area contributed by atoms with E-state index in [-0.39, 0.29) is 0 Å². The molecule has 2 aromatic carbocycles. The van der Waals surface area contributed by atoms with E-state index in [2.05, 4.69) is 43.1 Å². The van der Waals surface area contributed by atoms with Crippen molar-refractivity contribution in [2.24, 2.45) is 5.73 Å². The normalized spacial score (nSPS) is 11.8. The summed E-state index contributed by atoms with van der Waals surface area (Å²) in [6.07, 6.45) is 3.91. The van der Waals surface area contributed by atoms with Crippen molar-refractivity contribution in [3.63, 3.8) is 0 Å². The molecule has 0 aliphatic heterocycles. The summed E-state index contributed by atoms with van der Waals surface area (Å²) in [5.74, 6) is 1.16. The van der Waals surface area contributed by atoms with Crippen molar-refractivity contribution in [1.82, 2.24) is 4.98 Å². The number of nitrogens with two attached hydrogens (primary N) is 1. The van der Waals surface area contributed by atoms with Gasteiger partial charge in [0, 0.05) is 12.6 Å². The second-order valence-electron chi connectivity index (χ2n) is 5.71. The predicted molar refractivity (Wildman–Crippen MR) is 91.4 cm³/mol. The minimum atomic E-state index is 0.504. The molecule has 0 atom stereocenters. The van der Waals surface area contributed by atoms with Gasteiger partial charge < -0.3 is 10.2 Å². The van der Waals surface area contributed by atoms with Crippen LogP contribution in [0.15, 0.2) is 46.9 Å². The molecule has 3 aromatic rings. The van der Waals surface area contributed by atoms with E-state index in [1.807, 2.05) is 30.4 Å². The molecule has 112 valence electrons. The number of oxazole rings is 1. The molecular weight excluding hydrogens is 272 g/mol. The van der Waals surface area contributed by atoms with Crippen molar-refractivity contribution in [3.05, 3.63) is 65.0 Å². The fourth-order valence-corrected chi connectivity index (χ4v) is 2.34. The number of nitrogens with zero attached hydrogens (tertiary/aromatic N) is 1. The molecule has 0 spiro atoms. The molecule has 0 bridgehead atoms. The van der Waals surface area contributed by atoms with Crippen molar-refractivity contribution < 1.29 is 4.42 Å². The second kappa shape index (κ2) is 6.16. The maximum Gasteiger partial charge on any atom is 0.220 e. The number of hydrogen-bond acceptors (Lipinski definition) is 3. The average Bonchev–Trinajstić information content (AvgIpc) is 2.95. The largest absolute Gasteiger partial charge is 0.437 e. The Labute approximate surface area is 130 Å². The molecule has 1 heterocycles. The summed E-state index contributed by atoms with van der Waals surface area (Å²) in [6.45, 7) is 4.89. The van der Waals surface area contributed by atoms with Gasteiger partial charge in [-0.1, -0.05) is 44.2 Å². The Kier molecular flexibility index (Phi) is 4.07. The number of hydrogen-bond donors (Lipinski definition) is 1. The Bertz CT molecular complexity index is 798. The molecule has 0 unspecified atom stereocenters. The van der Waals surface area contributed by atoms with E-state index in [9.17, 15) is 0 Å². The molecule has 0 saturated heterocycles. The topological polar surface area (TPSA) is 52.0 Å². The van der Waals surface area contributed by atoms with Gasteiger partial charge in [-0.15, -0.1) is 0 Å². The summed E-state index contributed by atoms with van der Waals surface area (Å²) in [7, 11) is 0. The van der Waals surface area contributed by atoms with Crippen LogP contribution < -0.4 is 5.73 Å². The minimum absolute atomic E-state index is 0.504. The van der Waals surface area contributed by atoms with Gasteiger partial charge in [0.1, 0.15) is 5.52 Å². The molecule has 0 fully saturated rings. The van der Waals surface area contributed by atoms with E-state index < -0.39 is 0 Å². The van der Waals surface area contributed by atoms with Crippen LogP contribution in [0.3, 0.4) is 0 Å². The Morgan fingerprint density at radius 3 is 2.55 bits per heavy atom. The first-order valence-electron chi connectivity index (χ1n) is 7.53. The van der Waals surface area contributed by atoms with Crippen molar-refractivity contribution in [2.45, 2.75) is 26.3 Å². The molecule has 22 heavy (non-hydrogen) atoms. The highest BCUT2D eigenvalue weighted by Crippen LogP contribution is 2.19. The fourth-order valence-electron chi connectivity index (χ4n) is 2.34. The van der Waals surface area contributed by atoms with E-state index >= 15 is 0 Å². The van der Waals surface area contributed by atoms with Crippen LogP contribution in [0.25, 0.3) is 23.3 Å².